The van der Waals surface area contributed by atoms with Gasteiger partial charge in [-0.2, -0.15) is 0 Å². The maximum Gasteiger partial charge on any atom is 0.135 e. The molecule has 0 spiro atoms. The molecule has 1 heterocycles. The van der Waals surface area contributed by atoms with Crippen molar-refractivity contribution in [2.75, 3.05) is 13.2 Å². The Morgan fingerprint density at radius 3 is 2.90 bits per heavy atom. The molecule has 0 radical (unpaired) electrons. The van der Waals surface area contributed by atoms with Crippen LogP contribution in [0.25, 0.3) is 0 Å². The molecule has 1 aliphatic rings. The molecule has 0 aromatic heterocycles. The second-order valence-electron chi connectivity index (χ2n) is 5.85. The van der Waals surface area contributed by atoms with Gasteiger partial charge < -0.3 is 15.2 Å². The minimum absolute atomic E-state index is 0.0243. The van der Waals surface area contributed by atoms with E-state index in [1.807, 2.05) is 25.1 Å². The van der Waals surface area contributed by atoms with Crippen LogP contribution < -0.4 is 10.5 Å². The average Bonchev–Trinajstić information content (AvgIpc) is 2.75. The van der Waals surface area contributed by atoms with E-state index in [-0.39, 0.29) is 11.7 Å². The number of nitrogens with two attached hydrogens (primary N) is 1. The first-order valence-corrected chi connectivity index (χ1v) is 7.10. The lowest BCUT2D eigenvalue weighted by Gasteiger charge is -2.19. The van der Waals surface area contributed by atoms with E-state index in [1.54, 1.807) is 0 Å². The lowest BCUT2D eigenvalue weighted by atomic mass is 10.1. The zero-order valence-corrected chi connectivity index (χ0v) is 12.5. The molecule has 108 valence electrons. The minimum atomic E-state index is -0.0243. The fourth-order valence-electron chi connectivity index (χ4n) is 2.39. The number of ether oxygens (including phenoxy) is 2. The molecule has 0 saturated carbocycles. The third kappa shape index (κ3) is 4.00. The van der Waals surface area contributed by atoms with Crippen LogP contribution in [0, 0.1) is 18.8 Å². The van der Waals surface area contributed by atoms with Crippen molar-refractivity contribution in [1.29, 1.82) is 0 Å². The van der Waals surface area contributed by atoms with E-state index in [9.17, 15) is 0 Å². The summed E-state index contributed by atoms with van der Waals surface area (Å²) in [6.45, 7) is 7.21. The van der Waals surface area contributed by atoms with E-state index in [4.69, 9.17) is 15.2 Å². The lowest BCUT2D eigenvalue weighted by Crippen LogP contribution is -2.24. The highest BCUT2D eigenvalue weighted by Crippen LogP contribution is 2.30. The number of hydrogen-bond donors (Lipinski definition) is 1. The number of rotatable bonds is 3. The molecule has 2 rings (SSSR count). The van der Waals surface area contributed by atoms with Crippen molar-refractivity contribution in [3.63, 3.8) is 0 Å². The first kappa shape index (κ1) is 14.9. The maximum absolute atomic E-state index is 5.93. The topological polar surface area (TPSA) is 44.5 Å². The van der Waals surface area contributed by atoms with Crippen molar-refractivity contribution in [2.24, 2.45) is 5.73 Å². The van der Waals surface area contributed by atoms with Crippen molar-refractivity contribution < 1.29 is 9.47 Å². The Bertz CT molecular complexity index is 526. The molecule has 20 heavy (non-hydrogen) atoms. The number of benzene rings is 1. The fraction of sp³-hybridized carbons (Fsp3) is 0.529. The largest absolute Gasteiger partial charge is 0.490 e. The first-order chi connectivity index (χ1) is 9.50. The van der Waals surface area contributed by atoms with E-state index in [2.05, 4.69) is 25.7 Å². The normalized spacial score (nSPS) is 20.3. The van der Waals surface area contributed by atoms with Crippen molar-refractivity contribution >= 4 is 0 Å². The van der Waals surface area contributed by atoms with Crippen LogP contribution in [0.5, 0.6) is 5.75 Å². The van der Waals surface area contributed by atoms with Gasteiger partial charge >= 0.3 is 0 Å². The average molecular weight is 273 g/mol. The highest BCUT2D eigenvalue weighted by molar-refractivity contribution is 5.48. The molecule has 1 atom stereocenters. The van der Waals surface area contributed by atoms with E-state index < -0.39 is 0 Å². The summed E-state index contributed by atoms with van der Waals surface area (Å²) in [6, 6.07) is 6.02. The summed E-state index contributed by atoms with van der Waals surface area (Å²) < 4.78 is 11.8. The summed E-state index contributed by atoms with van der Waals surface area (Å²) in [6.07, 6.45) is 2.29. The third-order valence-electron chi connectivity index (χ3n) is 3.44. The van der Waals surface area contributed by atoms with Crippen LogP contribution in [-0.4, -0.2) is 24.9 Å². The van der Waals surface area contributed by atoms with Gasteiger partial charge in [0.2, 0.25) is 0 Å². The van der Waals surface area contributed by atoms with Gasteiger partial charge in [-0.05, 0) is 51.3 Å². The van der Waals surface area contributed by atoms with E-state index in [0.717, 1.165) is 29.7 Å². The third-order valence-corrected chi connectivity index (χ3v) is 3.44. The van der Waals surface area contributed by atoms with Crippen LogP contribution >= 0.6 is 0 Å². The van der Waals surface area contributed by atoms with E-state index in [1.165, 1.54) is 0 Å². The molecular weight excluding hydrogens is 250 g/mol. The summed E-state index contributed by atoms with van der Waals surface area (Å²) in [7, 11) is 0. The van der Waals surface area contributed by atoms with Gasteiger partial charge in [-0.1, -0.05) is 17.9 Å². The Labute approximate surface area is 121 Å². The smallest absolute Gasteiger partial charge is 0.135 e. The van der Waals surface area contributed by atoms with Gasteiger partial charge in [-0.3, -0.25) is 0 Å². The zero-order chi connectivity index (χ0) is 14.6. The van der Waals surface area contributed by atoms with Gasteiger partial charge in [0.1, 0.15) is 12.4 Å². The summed E-state index contributed by atoms with van der Waals surface area (Å²) in [5.74, 6) is 6.75. The van der Waals surface area contributed by atoms with Crippen LogP contribution in [0.15, 0.2) is 18.2 Å². The van der Waals surface area contributed by atoms with Crippen molar-refractivity contribution in [2.45, 2.75) is 45.3 Å². The highest BCUT2D eigenvalue weighted by atomic mass is 16.6. The van der Waals surface area contributed by atoms with Gasteiger partial charge in [0.25, 0.3) is 0 Å². The van der Waals surface area contributed by atoms with E-state index in [0.29, 0.717) is 13.2 Å². The minimum Gasteiger partial charge on any atom is -0.490 e. The van der Waals surface area contributed by atoms with Crippen molar-refractivity contribution in [3.8, 4) is 17.6 Å². The van der Waals surface area contributed by atoms with Gasteiger partial charge in [0, 0.05) is 0 Å². The summed E-state index contributed by atoms with van der Waals surface area (Å²) in [5.41, 5.74) is 7.47. The second kappa shape index (κ2) is 6.30. The predicted octanol–water partition coefficient (Wildman–Crippen LogP) is 2.64. The Hall–Kier alpha value is -1.50. The Kier molecular flexibility index (Phi) is 4.69. The molecule has 1 aromatic carbocycles. The van der Waals surface area contributed by atoms with E-state index >= 15 is 0 Å². The fourth-order valence-corrected chi connectivity index (χ4v) is 2.39. The summed E-state index contributed by atoms with van der Waals surface area (Å²) in [5, 5.41) is 0. The molecule has 3 nitrogen and oxygen atoms in total. The molecule has 0 aliphatic carbocycles. The monoisotopic (exact) mass is 273 g/mol. The molecule has 3 heteroatoms. The quantitative estimate of drug-likeness (QED) is 0.861. The molecule has 0 amide bonds. The lowest BCUT2D eigenvalue weighted by molar-refractivity contribution is -0.0326. The van der Waals surface area contributed by atoms with Crippen LogP contribution in [0.1, 0.15) is 37.8 Å². The standard InChI is InChI=1S/C17H23NO2/c1-13-6-7-16(14(11-13)5-4-10-18)19-12-15-8-9-17(2,3)20-15/h6-7,11,15H,8-10,12,18H2,1-3H3. The summed E-state index contributed by atoms with van der Waals surface area (Å²) >= 11 is 0. The van der Waals surface area contributed by atoms with Gasteiger partial charge in [0.05, 0.1) is 23.8 Å². The summed E-state index contributed by atoms with van der Waals surface area (Å²) in [4.78, 5) is 0. The SMILES string of the molecule is Cc1ccc(OCC2CCC(C)(C)O2)c(C#CCN)c1. The van der Waals surface area contributed by atoms with Crippen LogP contribution in [-0.2, 0) is 4.74 Å². The van der Waals surface area contributed by atoms with Crippen molar-refractivity contribution in [3.05, 3.63) is 29.3 Å². The first-order valence-electron chi connectivity index (χ1n) is 7.10. The molecule has 2 N–H and O–H groups in total. The van der Waals surface area contributed by atoms with Crippen LogP contribution in [0.2, 0.25) is 0 Å². The number of aryl methyl sites for hydroxylation is 1. The Balaban J connectivity index is 2.02. The van der Waals surface area contributed by atoms with Crippen LogP contribution in [0.4, 0.5) is 0 Å². The molecule has 0 bridgehead atoms. The molecule has 1 fully saturated rings. The predicted molar refractivity (Wildman–Crippen MR) is 80.8 cm³/mol. The van der Waals surface area contributed by atoms with Crippen molar-refractivity contribution in [1.82, 2.24) is 0 Å². The molecule has 1 aliphatic heterocycles. The molecule has 1 unspecified atom stereocenters. The Morgan fingerprint density at radius 1 is 1.45 bits per heavy atom. The molecule has 1 aromatic rings. The zero-order valence-electron chi connectivity index (χ0n) is 12.5. The second-order valence-corrected chi connectivity index (χ2v) is 5.85. The van der Waals surface area contributed by atoms with Gasteiger partial charge in [-0.25, -0.2) is 0 Å². The Morgan fingerprint density at radius 2 is 2.25 bits per heavy atom. The molecule has 1 saturated heterocycles. The van der Waals surface area contributed by atoms with Gasteiger partial charge in [-0.15, -0.1) is 0 Å². The highest BCUT2D eigenvalue weighted by Gasteiger charge is 2.31. The number of hydrogen-bond acceptors (Lipinski definition) is 3. The van der Waals surface area contributed by atoms with Gasteiger partial charge in [0.15, 0.2) is 0 Å². The molecular formula is C17H23NO2. The van der Waals surface area contributed by atoms with Crippen LogP contribution in [0.3, 0.4) is 0 Å². The maximum atomic E-state index is 5.93.